The summed E-state index contributed by atoms with van der Waals surface area (Å²) in [5.41, 5.74) is 2.17. The molecule has 84 valence electrons. The SMILES string of the molecule is Cc1ccc(Oc2nc(C)cc(C#N)n2)cc1. The van der Waals surface area contributed by atoms with Gasteiger partial charge in [0.25, 0.3) is 0 Å². The van der Waals surface area contributed by atoms with E-state index < -0.39 is 0 Å². The van der Waals surface area contributed by atoms with Gasteiger partial charge in [0.2, 0.25) is 0 Å². The van der Waals surface area contributed by atoms with Crippen LogP contribution in [-0.2, 0) is 0 Å². The van der Waals surface area contributed by atoms with Crippen LogP contribution in [-0.4, -0.2) is 9.97 Å². The highest BCUT2D eigenvalue weighted by atomic mass is 16.5. The van der Waals surface area contributed by atoms with Crippen molar-refractivity contribution in [3.8, 4) is 17.8 Å². The topological polar surface area (TPSA) is 58.8 Å². The minimum Gasteiger partial charge on any atom is -0.424 e. The highest BCUT2D eigenvalue weighted by Crippen LogP contribution is 2.18. The van der Waals surface area contributed by atoms with Crippen LogP contribution in [0.2, 0.25) is 0 Å². The second kappa shape index (κ2) is 4.62. The number of benzene rings is 1. The molecule has 1 heterocycles. The molecule has 0 aliphatic carbocycles. The normalized spacial score (nSPS) is 9.71. The molecule has 4 heteroatoms. The van der Waals surface area contributed by atoms with Gasteiger partial charge in [-0.25, -0.2) is 4.98 Å². The summed E-state index contributed by atoms with van der Waals surface area (Å²) in [5.74, 6) is 0.657. The van der Waals surface area contributed by atoms with Gasteiger partial charge in [-0.15, -0.1) is 0 Å². The Morgan fingerprint density at radius 3 is 2.47 bits per heavy atom. The molecule has 2 aromatic rings. The van der Waals surface area contributed by atoms with E-state index in [1.165, 1.54) is 0 Å². The van der Waals surface area contributed by atoms with Gasteiger partial charge in [0.1, 0.15) is 17.5 Å². The second-order valence-corrected chi connectivity index (χ2v) is 3.70. The van der Waals surface area contributed by atoms with Crippen LogP contribution in [0, 0.1) is 25.2 Å². The van der Waals surface area contributed by atoms with Crippen LogP contribution in [0.1, 0.15) is 17.0 Å². The van der Waals surface area contributed by atoms with Gasteiger partial charge in [-0.05, 0) is 32.0 Å². The van der Waals surface area contributed by atoms with Gasteiger partial charge >= 0.3 is 6.01 Å². The Hall–Kier alpha value is -2.41. The summed E-state index contributed by atoms with van der Waals surface area (Å²) in [6.45, 7) is 3.80. The Labute approximate surface area is 99.5 Å². The number of aromatic nitrogens is 2. The van der Waals surface area contributed by atoms with Gasteiger partial charge in [0, 0.05) is 5.69 Å². The maximum atomic E-state index is 8.79. The minimum atomic E-state index is 0.199. The summed E-state index contributed by atoms with van der Waals surface area (Å²) in [6.07, 6.45) is 0. The maximum Gasteiger partial charge on any atom is 0.323 e. The first kappa shape index (κ1) is 11.1. The Bertz CT molecular complexity index is 570. The quantitative estimate of drug-likeness (QED) is 0.788. The van der Waals surface area contributed by atoms with E-state index in [9.17, 15) is 0 Å². The molecule has 0 unspecified atom stereocenters. The van der Waals surface area contributed by atoms with Gasteiger partial charge in [-0.1, -0.05) is 17.7 Å². The molecule has 0 spiro atoms. The zero-order chi connectivity index (χ0) is 12.3. The Morgan fingerprint density at radius 1 is 1.12 bits per heavy atom. The molecule has 0 fully saturated rings. The van der Waals surface area contributed by atoms with Crippen LogP contribution in [0.4, 0.5) is 0 Å². The van der Waals surface area contributed by atoms with Crippen LogP contribution < -0.4 is 4.74 Å². The van der Waals surface area contributed by atoms with E-state index in [4.69, 9.17) is 10.00 Å². The molecule has 0 atom stereocenters. The van der Waals surface area contributed by atoms with Crippen LogP contribution in [0.3, 0.4) is 0 Å². The lowest BCUT2D eigenvalue weighted by Crippen LogP contribution is -1.96. The van der Waals surface area contributed by atoms with E-state index >= 15 is 0 Å². The molecule has 17 heavy (non-hydrogen) atoms. The number of hydrogen-bond donors (Lipinski definition) is 0. The molecule has 4 nitrogen and oxygen atoms in total. The van der Waals surface area contributed by atoms with Gasteiger partial charge in [-0.2, -0.15) is 10.2 Å². The highest BCUT2D eigenvalue weighted by Gasteiger charge is 2.04. The molecule has 2 rings (SSSR count). The molecule has 0 bridgehead atoms. The number of nitriles is 1. The number of hydrogen-bond acceptors (Lipinski definition) is 4. The zero-order valence-electron chi connectivity index (χ0n) is 9.64. The largest absolute Gasteiger partial charge is 0.424 e. The average Bonchev–Trinajstić information content (AvgIpc) is 2.31. The Balaban J connectivity index is 2.27. The molecule has 0 aliphatic heterocycles. The first-order chi connectivity index (χ1) is 8.17. The fraction of sp³-hybridized carbons (Fsp3) is 0.154. The Kier molecular flexibility index (Phi) is 3.01. The fourth-order valence-corrected chi connectivity index (χ4v) is 1.36. The third-order valence-corrected chi connectivity index (χ3v) is 2.18. The number of aryl methyl sites for hydroxylation is 2. The fourth-order valence-electron chi connectivity index (χ4n) is 1.36. The number of rotatable bonds is 2. The second-order valence-electron chi connectivity index (χ2n) is 3.70. The zero-order valence-corrected chi connectivity index (χ0v) is 9.64. The van der Waals surface area contributed by atoms with Crippen molar-refractivity contribution in [3.05, 3.63) is 47.3 Å². The minimum absolute atomic E-state index is 0.199. The number of ether oxygens (including phenoxy) is 1. The van der Waals surface area contributed by atoms with E-state index in [0.29, 0.717) is 17.1 Å². The van der Waals surface area contributed by atoms with Crippen LogP contribution in [0.25, 0.3) is 0 Å². The van der Waals surface area contributed by atoms with Crippen molar-refractivity contribution in [2.24, 2.45) is 0 Å². The van der Waals surface area contributed by atoms with Gasteiger partial charge in [0.15, 0.2) is 0 Å². The third kappa shape index (κ3) is 2.79. The summed E-state index contributed by atoms with van der Waals surface area (Å²) in [7, 11) is 0. The van der Waals surface area contributed by atoms with Crippen molar-refractivity contribution in [3.63, 3.8) is 0 Å². The summed E-state index contributed by atoms with van der Waals surface area (Å²) >= 11 is 0. The lowest BCUT2D eigenvalue weighted by molar-refractivity contribution is 0.439. The van der Waals surface area contributed by atoms with Gasteiger partial charge < -0.3 is 4.74 Å². The van der Waals surface area contributed by atoms with E-state index in [-0.39, 0.29) is 6.01 Å². The molecular formula is C13H11N3O. The van der Waals surface area contributed by atoms with Crippen molar-refractivity contribution in [2.45, 2.75) is 13.8 Å². The van der Waals surface area contributed by atoms with Crippen LogP contribution in [0.15, 0.2) is 30.3 Å². The van der Waals surface area contributed by atoms with Crippen molar-refractivity contribution >= 4 is 0 Å². The van der Waals surface area contributed by atoms with Crippen molar-refractivity contribution in [2.75, 3.05) is 0 Å². The third-order valence-electron chi connectivity index (χ3n) is 2.18. The average molecular weight is 225 g/mol. The van der Waals surface area contributed by atoms with Crippen LogP contribution in [0.5, 0.6) is 11.8 Å². The predicted molar refractivity (Wildman–Crippen MR) is 62.7 cm³/mol. The summed E-state index contributed by atoms with van der Waals surface area (Å²) in [5, 5.41) is 8.79. The molecular weight excluding hydrogens is 214 g/mol. The standard InChI is InChI=1S/C13H11N3O/c1-9-3-5-12(6-4-9)17-13-15-10(2)7-11(8-14)16-13/h3-7H,1-2H3. The predicted octanol–water partition coefficient (Wildman–Crippen LogP) is 2.76. The molecule has 0 amide bonds. The van der Waals surface area contributed by atoms with Crippen molar-refractivity contribution in [1.82, 2.24) is 9.97 Å². The molecule has 0 aliphatic rings. The first-order valence-electron chi connectivity index (χ1n) is 5.17. The van der Waals surface area contributed by atoms with E-state index in [0.717, 1.165) is 5.56 Å². The first-order valence-corrected chi connectivity index (χ1v) is 5.17. The monoisotopic (exact) mass is 225 g/mol. The molecule has 0 saturated carbocycles. The lowest BCUT2D eigenvalue weighted by Gasteiger charge is -2.04. The Morgan fingerprint density at radius 2 is 1.82 bits per heavy atom. The van der Waals surface area contributed by atoms with E-state index in [1.807, 2.05) is 37.3 Å². The van der Waals surface area contributed by atoms with Crippen molar-refractivity contribution in [1.29, 1.82) is 5.26 Å². The molecule has 0 N–H and O–H groups in total. The summed E-state index contributed by atoms with van der Waals surface area (Å²) < 4.78 is 5.48. The van der Waals surface area contributed by atoms with Gasteiger partial charge in [0.05, 0.1) is 0 Å². The van der Waals surface area contributed by atoms with Crippen LogP contribution >= 0.6 is 0 Å². The smallest absolute Gasteiger partial charge is 0.323 e. The van der Waals surface area contributed by atoms with Gasteiger partial charge in [-0.3, -0.25) is 0 Å². The summed E-state index contributed by atoms with van der Waals surface area (Å²) in [6, 6.07) is 11.3. The number of nitrogens with zero attached hydrogens (tertiary/aromatic N) is 3. The van der Waals surface area contributed by atoms with E-state index in [1.54, 1.807) is 13.0 Å². The maximum absolute atomic E-state index is 8.79. The molecule has 1 aromatic carbocycles. The molecule has 0 radical (unpaired) electrons. The summed E-state index contributed by atoms with van der Waals surface area (Å²) in [4.78, 5) is 8.09. The highest BCUT2D eigenvalue weighted by molar-refractivity contribution is 5.30. The van der Waals surface area contributed by atoms with E-state index in [2.05, 4.69) is 9.97 Å². The molecule has 1 aromatic heterocycles. The molecule has 0 saturated heterocycles. The lowest BCUT2D eigenvalue weighted by atomic mass is 10.2. The van der Waals surface area contributed by atoms with Crippen molar-refractivity contribution < 1.29 is 4.74 Å².